The molecule has 0 aromatic carbocycles. The number of rotatable bonds is 5. The Kier molecular flexibility index (Phi) is 4.64. The van der Waals surface area contributed by atoms with E-state index in [9.17, 15) is 4.79 Å². The molecule has 0 radical (unpaired) electrons. The first-order valence-electron chi connectivity index (χ1n) is 4.63. The molecule has 1 amide bonds. The second-order valence-corrected chi connectivity index (χ2v) is 2.99. The van der Waals surface area contributed by atoms with Gasteiger partial charge in [0.25, 0.3) is 0 Å². The van der Waals surface area contributed by atoms with Gasteiger partial charge in [0.1, 0.15) is 0 Å². The fourth-order valence-corrected chi connectivity index (χ4v) is 1.03. The summed E-state index contributed by atoms with van der Waals surface area (Å²) in [6.45, 7) is 1.26. The number of pyridine rings is 1. The van der Waals surface area contributed by atoms with Gasteiger partial charge in [-0.2, -0.15) is 0 Å². The zero-order valence-electron chi connectivity index (χ0n) is 8.29. The van der Waals surface area contributed by atoms with Gasteiger partial charge in [-0.05, 0) is 18.7 Å². The molecule has 1 aromatic heterocycles. The molecule has 76 valence electrons. The van der Waals surface area contributed by atoms with E-state index in [1.54, 1.807) is 12.4 Å². The first kappa shape index (κ1) is 10.7. The quantitative estimate of drug-likeness (QED) is 0.707. The van der Waals surface area contributed by atoms with Crippen molar-refractivity contribution in [2.24, 2.45) is 0 Å². The molecule has 4 nitrogen and oxygen atoms in total. The van der Waals surface area contributed by atoms with E-state index in [0.29, 0.717) is 19.5 Å². The van der Waals surface area contributed by atoms with Gasteiger partial charge in [-0.1, -0.05) is 6.07 Å². The van der Waals surface area contributed by atoms with Crippen LogP contribution in [0.15, 0.2) is 24.5 Å². The molecule has 0 saturated heterocycles. The molecule has 0 saturated carbocycles. The highest BCUT2D eigenvalue weighted by Crippen LogP contribution is 1.94. The van der Waals surface area contributed by atoms with E-state index < -0.39 is 0 Å². The maximum atomic E-state index is 11.2. The zero-order chi connectivity index (χ0) is 10.2. The van der Waals surface area contributed by atoms with E-state index in [2.05, 4.69) is 15.6 Å². The fourth-order valence-electron chi connectivity index (χ4n) is 1.03. The van der Waals surface area contributed by atoms with Crippen LogP contribution in [0, 0.1) is 0 Å². The van der Waals surface area contributed by atoms with E-state index in [-0.39, 0.29) is 5.91 Å². The summed E-state index contributed by atoms with van der Waals surface area (Å²) in [5.41, 5.74) is 1.02. The number of aromatic nitrogens is 1. The van der Waals surface area contributed by atoms with Crippen LogP contribution in [0.3, 0.4) is 0 Å². The highest BCUT2D eigenvalue weighted by Gasteiger charge is 1.99. The highest BCUT2D eigenvalue weighted by molar-refractivity contribution is 5.76. The van der Waals surface area contributed by atoms with Crippen LogP contribution in [-0.4, -0.2) is 24.5 Å². The van der Waals surface area contributed by atoms with Crippen molar-refractivity contribution in [2.75, 3.05) is 13.6 Å². The lowest BCUT2D eigenvalue weighted by atomic mass is 10.3. The van der Waals surface area contributed by atoms with Crippen molar-refractivity contribution in [1.82, 2.24) is 15.6 Å². The third kappa shape index (κ3) is 4.00. The Morgan fingerprint density at radius 2 is 2.43 bits per heavy atom. The minimum atomic E-state index is 0.0585. The van der Waals surface area contributed by atoms with Gasteiger partial charge in [0.2, 0.25) is 5.91 Å². The SMILES string of the molecule is CNCCC(=O)NCc1cccnc1. The van der Waals surface area contributed by atoms with Gasteiger partial charge in [0.05, 0.1) is 0 Å². The smallest absolute Gasteiger partial charge is 0.221 e. The van der Waals surface area contributed by atoms with Crippen molar-refractivity contribution in [1.29, 1.82) is 0 Å². The normalized spacial score (nSPS) is 9.79. The molecule has 1 heterocycles. The van der Waals surface area contributed by atoms with Gasteiger partial charge in [-0.15, -0.1) is 0 Å². The van der Waals surface area contributed by atoms with Crippen LogP contribution in [0.5, 0.6) is 0 Å². The molecule has 0 spiro atoms. The number of carbonyl (C=O) groups is 1. The number of nitrogens with zero attached hydrogens (tertiary/aromatic N) is 1. The Morgan fingerprint density at radius 3 is 3.07 bits per heavy atom. The van der Waals surface area contributed by atoms with Crippen LogP contribution in [-0.2, 0) is 11.3 Å². The van der Waals surface area contributed by atoms with Crippen molar-refractivity contribution in [3.63, 3.8) is 0 Å². The first-order valence-corrected chi connectivity index (χ1v) is 4.63. The maximum absolute atomic E-state index is 11.2. The third-order valence-electron chi connectivity index (χ3n) is 1.81. The van der Waals surface area contributed by atoms with E-state index in [1.165, 1.54) is 0 Å². The predicted molar refractivity (Wildman–Crippen MR) is 54.6 cm³/mol. The summed E-state index contributed by atoms with van der Waals surface area (Å²) in [4.78, 5) is 15.2. The topological polar surface area (TPSA) is 54.0 Å². The molecule has 0 aliphatic heterocycles. The lowest BCUT2D eigenvalue weighted by Crippen LogP contribution is -2.26. The number of amides is 1. The second kappa shape index (κ2) is 6.10. The number of hydrogen-bond donors (Lipinski definition) is 2. The van der Waals surface area contributed by atoms with Crippen molar-refractivity contribution in [3.05, 3.63) is 30.1 Å². The Bertz CT molecular complexity index is 274. The van der Waals surface area contributed by atoms with Crippen molar-refractivity contribution in [2.45, 2.75) is 13.0 Å². The highest BCUT2D eigenvalue weighted by atomic mass is 16.1. The van der Waals surface area contributed by atoms with Crippen LogP contribution < -0.4 is 10.6 Å². The molecule has 2 N–H and O–H groups in total. The number of nitrogens with one attached hydrogen (secondary N) is 2. The Morgan fingerprint density at radius 1 is 1.57 bits per heavy atom. The van der Waals surface area contributed by atoms with Gasteiger partial charge in [0.15, 0.2) is 0 Å². The van der Waals surface area contributed by atoms with Crippen LogP contribution in [0.2, 0.25) is 0 Å². The lowest BCUT2D eigenvalue weighted by Gasteiger charge is -2.04. The van der Waals surface area contributed by atoms with Gasteiger partial charge in [-0.3, -0.25) is 9.78 Å². The molecule has 0 aliphatic carbocycles. The lowest BCUT2D eigenvalue weighted by molar-refractivity contribution is -0.121. The Balaban J connectivity index is 2.24. The van der Waals surface area contributed by atoms with Gasteiger partial charge in [-0.25, -0.2) is 0 Å². The summed E-state index contributed by atoms with van der Waals surface area (Å²) in [5.74, 6) is 0.0585. The maximum Gasteiger partial charge on any atom is 0.221 e. The standard InChI is InChI=1S/C10H15N3O/c1-11-6-4-10(14)13-8-9-3-2-5-12-7-9/h2-3,5,7,11H,4,6,8H2,1H3,(H,13,14). The average molecular weight is 193 g/mol. The van der Waals surface area contributed by atoms with Crippen LogP contribution >= 0.6 is 0 Å². The minimum absolute atomic E-state index is 0.0585. The Hall–Kier alpha value is -1.42. The van der Waals surface area contributed by atoms with Gasteiger partial charge in [0, 0.05) is 31.9 Å². The third-order valence-corrected chi connectivity index (χ3v) is 1.81. The van der Waals surface area contributed by atoms with E-state index in [1.807, 2.05) is 19.2 Å². The molecule has 0 atom stereocenters. The number of hydrogen-bond acceptors (Lipinski definition) is 3. The molecule has 0 bridgehead atoms. The van der Waals surface area contributed by atoms with E-state index in [4.69, 9.17) is 0 Å². The minimum Gasteiger partial charge on any atom is -0.352 e. The fraction of sp³-hybridized carbons (Fsp3) is 0.400. The zero-order valence-corrected chi connectivity index (χ0v) is 8.29. The van der Waals surface area contributed by atoms with E-state index in [0.717, 1.165) is 5.56 Å². The number of carbonyl (C=O) groups excluding carboxylic acids is 1. The molecule has 4 heteroatoms. The molecule has 0 unspecified atom stereocenters. The molecule has 14 heavy (non-hydrogen) atoms. The molecule has 0 aliphatic rings. The van der Waals surface area contributed by atoms with Crippen LogP contribution in [0.25, 0.3) is 0 Å². The molecule has 0 fully saturated rings. The first-order chi connectivity index (χ1) is 6.83. The summed E-state index contributed by atoms with van der Waals surface area (Å²) in [6.07, 6.45) is 3.97. The molecular formula is C10H15N3O. The summed E-state index contributed by atoms with van der Waals surface area (Å²) in [7, 11) is 1.83. The predicted octanol–water partition coefficient (Wildman–Crippen LogP) is 0.307. The van der Waals surface area contributed by atoms with Crippen molar-refractivity contribution >= 4 is 5.91 Å². The van der Waals surface area contributed by atoms with Crippen molar-refractivity contribution < 1.29 is 4.79 Å². The Labute approximate surface area is 83.7 Å². The average Bonchev–Trinajstić information content (AvgIpc) is 2.25. The summed E-state index contributed by atoms with van der Waals surface area (Å²) in [5, 5.41) is 5.74. The van der Waals surface area contributed by atoms with E-state index >= 15 is 0 Å². The molecule has 1 rings (SSSR count). The van der Waals surface area contributed by atoms with Gasteiger partial charge >= 0.3 is 0 Å². The van der Waals surface area contributed by atoms with Crippen LogP contribution in [0.4, 0.5) is 0 Å². The monoisotopic (exact) mass is 193 g/mol. The van der Waals surface area contributed by atoms with Gasteiger partial charge < -0.3 is 10.6 Å². The van der Waals surface area contributed by atoms with Crippen LogP contribution in [0.1, 0.15) is 12.0 Å². The summed E-state index contributed by atoms with van der Waals surface area (Å²) >= 11 is 0. The summed E-state index contributed by atoms with van der Waals surface area (Å²) < 4.78 is 0. The second-order valence-electron chi connectivity index (χ2n) is 2.99. The molecular weight excluding hydrogens is 178 g/mol. The summed E-state index contributed by atoms with van der Waals surface area (Å²) in [6, 6.07) is 3.79. The molecule has 1 aromatic rings. The largest absolute Gasteiger partial charge is 0.352 e. The van der Waals surface area contributed by atoms with Crippen molar-refractivity contribution in [3.8, 4) is 0 Å².